The Hall–Kier alpha value is -3.19. The summed E-state index contributed by atoms with van der Waals surface area (Å²) >= 11 is 0. The Labute approximate surface area is 183 Å². The fourth-order valence-electron chi connectivity index (χ4n) is 3.80. The molecule has 0 fully saturated rings. The maximum atomic E-state index is 12.5. The minimum atomic E-state index is -0.439. The molecule has 1 heterocycles. The van der Waals surface area contributed by atoms with E-state index >= 15 is 0 Å². The van der Waals surface area contributed by atoms with Gasteiger partial charge in [0.25, 0.3) is 5.91 Å². The quantitative estimate of drug-likeness (QED) is 0.512. The Bertz CT molecular complexity index is 1050. The highest BCUT2D eigenvalue weighted by Crippen LogP contribution is 2.38. The van der Waals surface area contributed by atoms with E-state index in [1.165, 1.54) is 4.90 Å². The lowest BCUT2D eigenvalue weighted by atomic mass is 10.2. The Morgan fingerprint density at radius 1 is 1.03 bits per heavy atom. The third-order valence-electron chi connectivity index (χ3n) is 5.38. The molecular formula is C24H32N5O2+. The van der Waals surface area contributed by atoms with Gasteiger partial charge < -0.3 is 14.9 Å². The molecule has 164 valence electrons. The minimum Gasteiger partial charge on any atom is -0.493 e. The molecule has 2 N–H and O–H groups in total. The Morgan fingerprint density at radius 3 is 2.29 bits per heavy atom. The first-order valence-electron chi connectivity index (χ1n) is 10.8. The molecule has 1 aromatic heterocycles. The number of rotatable bonds is 9. The van der Waals surface area contributed by atoms with Crippen LogP contribution in [0.2, 0.25) is 0 Å². The molecule has 1 amide bonds. The van der Waals surface area contributed by atoms with E-state index in [2.05, 4.69) is 24.1 Å². The molecule has 0 bridgehead atoms. The number of quaternary nitrogens is 1. The Kier molecular flexibility index (Phi) is 7.41. The number of hydrogen-bond donors (Lipinski definition) is 2. The second-order valence-electron chi connectivity index (χ2n) is 7.97. The van der Waals surface area contributed by atoms with Gasteiger partial charge in [0, 0.05) is 30.7 Å². The number of carbonyl (C=O) groups is 1. The van der Waals surface area contributed by atoms with Crippen LogP contribution in [0.25, 0.3) is 10.9 Å². The first-order chi connectivity index (χ1) is 15.0. The summed E-state index contributed by atoms with van der Waals surface area (Å²) in [6.07, 6.45) is 2.14. The summed E-state index contributed by atoms with van der Waals surface area (Å²) in [5.41, 5.74) is 2.68. The van der Waals surface area contributed by atoms with Crippen LogP contribution in [-0.4, -0.2) is 42.8 Å². The van der Waals surface area contributed by atoms with Gasteiger partial charge in [0.05, 0.1) is 18.6 Å². The minimum absolute atomic E-state index is 0.0467. The summed E-state index contributed by atoms with van der Waals surface area (Å²) in [6.45, 7) is 7.03. The first-order valence-corrected chi connectivity index (χ1v) is 10.8. The fourth-order valence-corrected chi connectivity index (χ4v) is 3.80. The average molecular weight is 423 g/mol. The van der Waals surface area contributed by atoms with Crippen molar-refractivity contribution in [1.82, 2.24) is 4.57 Å². The summed E-state index contributed by atoms with van der Waals surface area (Å²) in [6, 6.07) is 14.9. The second-order valence-corrected chi connectivity index (χ2v) is 7.97. The van der Waals surface area contributed by atoms with Crippen LogP contribution >= 0.6 is 0 Å². The van der Waals surface area contributed by atoms with E-state index in [0.29, 0.717) is 17.9 Å². The number of aromatic nitrogens is 1. The lowest BCUT2D eigenvalue weighted by Gasteiger charge is -2.19. The molecule has 0 saturated carbocycles. The summed E-state index contributed by atoms with van der Waals surface area (Å²) < 4.78 is 1.88. The summed E-state index contributed by atoms with van der Waals surface area (Å²) in [7, 11) is 3.89. The van der Waals surface area contributed by atoms with Crippen molar-refractivity contribution in [2.24, 2.45) is 10.2 Å². The molecule has 7 heteroatoms. The van der Waals surface area contributed by atoms with Crippen LogP contribution in [-0.2, 0) is 6.67 Å². The molecule has 0 spiro atoms. The van der Waals surface area contributed by atoms with Gasteiger partial charge in [-0.2, -0.15) is 0 Å². The standard InChI is InChI=1S/C24H31N5O2/c1-5-15-28(16-6-2)17-29-21-10-8-7-9-20(21)22(24(29)31)25-26-23(30)18-11-13-19(14-12-18)27(3)4/h7-14,31H,5-6,15-17H2,1-4H3/p+1. The molecule has 3 rings (SSSR count). The number of nitrogens with zero attached hydrogens (tertiary/aromatic N) is 4. The van der Waals surface area contributed by atoms with Crippen molar-refractivity contribution < 1.29 is 14.8 Å². The van der Waals surface area contributed by atoms with E-state index in [4.69, 9.17) is 0 Å². The van der Waals surface area contributed by atoms with Crippen LogP contribution in [0.15, 0.2) is 58.8 Å². The molecule has 0 saturated heterocycles. The molecule has 0 radical (unpaired) electrons. The maximum Gasteiger partial charge on any atom is 0.295 e. The average Bonchev–Trinajstić information content (AvgIpc) is 3.03. The van der Waals surface area contributed by atoms with Gasteiger partial charge in [-0.15, -0.1) is 10.2 Å². The summed E-state index contributed by atoms with van der Waals surface area (Å²) in [5, 5.41) is 19.8. The van der Waals surface area contributed by atoms with E-state index in [1.807, 2.05) is 60.0 Å². The molecule has 31 heavy (non-hydrogen) atoms. The van der Waals surface area contributed by atoms with Gasteiger partial charge in [-0.1, -0.05) is 32.0 Å². The number of carbonyl (C=O) groups excluding carboxylic acids is 1. The lowest BCUT2D eigenvalue weighted by Crippen LogP contribution is -3.11. The lowest BCUT2D eigenvalue weighted by molar-refractivity contribution is -0.922. The third kappa shape index (κ3) is 5.11. The number of fused-ring (bicyclic) bond motifs is 1. The Morgan fingerprint density at radius 2 is 1.68 bits per heavy atom. The SMILES string of the molecule is CCC[NH+](CCC)Cn1c(O)c(N=NC(=O)c2ccc(N(C)C)cc2)c2ccccc21. The monoisotopic (exact) mass is 422 g/mol. The number of hydrogen-bond acceptors (Lipinski definition) is 4. The van der Waals surface area contributed by atoms with Crippen molar-refractivity contribution in [3.8, 4) is 5.88 Å². The van der Waals surface area contributed by atoms with Crippen LogP contribution in [0.3, 0.4) is 0 Å². The second kappa shape index (κ2) is 10.2. The first kappa shape index (κ1) is 22.5. The van der Waals surface area contributed by atoms with Crippen LogP contribution in [0.5, 0.6) is 5.88 Å². The van der Waals surface area contributed by atoms with E-state index in [1.54, 1.807) is 12.1 Å². The van der Waals surface area contributed by atoms with Crippen LogP contribution in [0, 0.1) is 0 Å². The van der Waals surface area contributed by atoms with Crippen molar-refractivity contribution in [2.75, 3.05) is 32.1 Å². The summed E-state index contributed by atoms with van der Waals surface area (Å²) in [4.78, 5) is 15.9. The smallest absolute Gasteiger partial charge is 0.295 e. The highest BCUT2D eigenvalue weighted by Gasteiger charge is 2.20. The van der Waals surface area contributed by atoms with Gasteiger partial charge in [0.1, 0.15) is 0 Å². The molecule has 0 aliphatic rings. The topological polar surface area (TPSA) is 74.6 Å². The number of azo groups is 1. The molecule has 2 aromatic carbocycles. The van der Waals surface area contributed by atoms with E-state index in [0.717, 1.165) is 42.5 Å². The number of amides is 1. The van der Waals surface area contributed by atoms with E-state index < -0.39 is 5.91 Å². The molecule has 0 unspecified atom stereocenters. The molecular weight excluding hydrogens is 390 g/mol. The van der Waals surface area contributed by atoms with Gasteiger partial charge in [0.2, 0.25) is 5.88 Å². The van der Waals surface area contributed by atoms with Crippen molar-refractivity contribution in [1.29, 1.82) is 0 Å². The molecule has 0 aliphatic heterocycles. The van der Waals surface area contributed by atoms with Crippen molar-refractivity contribution in [2.45, 2.75) is 33.4 Å². The van der Waals surface area contributed by atoms with E-state index in [9.17, 15) is 9.90 Å². The van der Waals surface area contributed by atoms with Crippen molar-refractivity contribution in [3.05, 3.63) is 54.1 Å². The van der Waals surface area contributed by atoms with Gasteiger partial charge in [-0.25, -0.2) is 0 Å². The van der Waals surface area contributed by atoms with Gasteiger partial charge in [-0.05, 0) is 43.2 Å². The zero-order valence-electron chi connectivity index (χ0n) is 18.8. The highest BCUT2D eigenvalue weighted by molar-refractivity contribution is 5.97. The Balaban J connectivity index is 1.91. The predicted molar refractivity (Wildman–Crippen MR) is 124 cm³/mol. The van der Waals surface area contributed by atoms with Gasteiger partial charge in [-0.3, -0.25) is 9.36 Å². The number of para-hydroxylation sites is 1. The number of benzene rings is 2. The zero-order valence-corrected chi connectivity index (χ0v) is 18.8. The predicted octanol–water partition coefficient (Wildman–Crippen LogP) is 4.00. The largest absolute Gasteiger partial charge is 0.493 e. The number of nitrogens with one attached hydrogen (secondary N) is 1. The fraction of sp³-hybridized carbons (Fsp3) is 0.375. The molecule has 0 atom stereocenters. The van der Waals surface area contributed by atoms with E-state index in [-0.39, 0.29) is 5.88 Å². The molecule has 7 nitrogen and oxygen atoms in total. The molecule has 0 aliphatic carbocycles. The zero-order chi connectivity index (χ0) is 22.4. The van der Waals surface area contributed by atoms with Gasteiger partial charge >= 0.3 is 0 Å². The third-order valence-corrected chi connectivity index (χ3v) is 5.38. The number of aromatic hydroxyl groups is 1. The number of anilines is 1. The van der Waals surface area contributed by atoms with Gasteiger partial charge in [0.15, 0.2) is 12.4 Å². The van der Waals surface area contributed by atoms with Crippen molar-refractivity contribution in [3.63, 3.8) is 0 Å². The molecule has 3 aromatic rings. The summed E-state index contributed by atoms with van der Waals surface area (Å²) in [5.74, 6) is -0.392. The van der Waals surface area contributed by atoms with Crippen LogP contribution in [0.1, 0.15) is 37.0 Å². The van der Waals surface area contributed by atoms with Crippen LogP contribution in [0.4, 0.5) is 11.4 Å². The maximum absolute atomic E-state index is 12.5. The normalized spacial score (nSPS) is 11.6. The van der Waals surface area contributed by atoms with Crippen molar-refractivity contribution >= 4 is 28.2 Å². The van der Waals surface area contributed by atoms with Crippen LogP contribution < -0.4 is 9.80 Å². The highest BCUT2D eigenvalue weighted by atomic mass is 16.3.